The quantitative estimate of drug-likeness (QED) is 0.869. The molecule has 116 valence electrons. The van der Waals surface area contributed by atoms with E-state index in [9.17, 15) is 8.42 Å². The zero-order valence-electron chi connectivity index (χ0n) is 12.3. The SMILES string of the molecule is COc1ccc(CNC2CC2)cc1S(=O)(=O)N1CCCC1. The molecule has 1 aliphatic heterocycles. The number of nitrogens with one attached hydrogen (secondary N) is 1. The molecule has 1 aliphatic carbocycles. The first kappa shape index (κ1) is 14.8. The van der Waals surface area contributed by atoms with E-state index in [1.165, 1.54) is 20.0 Å². The molecule has 1 N–H and O–H groups in total. The van der Waals surface area contributed by atoms with Crippen molar-refractivity contribution >= 4 is 10.0 Å². The van der Waals surface area contributed by atoms with E-state index in [0.29, 0.717) is 36.3 Å². The molecule has 5 nitrogen and oxygen atoms in total. The van der Waals surface area contributed by atoms with Crippen molar-refractivity contribution < 1.29 is 13.2 Å². The Morgan fingerprint density at radius 3 is 2.62 bits per heavy atom. The maximum absolute atomic E-state index is 12.7. The Morgan fingerprint density at radius 1 is 1.29 bits per heavy atom. The van der Waals surface area contributed by atoms with Crippen molar-refractivity contribution in [1.82, 2.24) is 9.62 Å². The summed E-state index contributed by atoms with van der Waals surface area (Å²) in [7, 11) is -1.93. The van der Waals surface area contributed by atoms with Gasteiger partial charge < -0.3 is 10.1 Å². The summed E-state index contributed by atoms with van der Waals surface area (Å²) >= 11 is 0. The largest absolute Gasteiger partial charge is 0.495 e. The van der Waals surface area contributed by atoms with Gasteiger partial charge in [-0.25, -0.2) is 8.42 Å². The van der Waals surface area contributed by atoms with Gasteiger partial charge in [-0.05, 0) is 43.4 Å². The van der Waals surface area contributed by atoms with Gasteiger partial charge in [-0.1, -0.05) is 6.07 Å². The van der Waals surface area contributed by atoms with Crippen LogP contribution in [-0.2, 0) is 16.6 Å². The van der Waals surface area contributed by atoms with Crippen molar-refractivity contribution in [2.45, 2.75) is 43.2 Å². The van der Waals surface area contributed by atoms with E-state index < -0.39 is 10.0 Å². The van der Waals surface area contributed by atoms with E-state index in [4.69, 9.17) is 4.74 Å². The Bertz CT molecular complexity index is 605. The van der Waals surface area contributed by atoms with Crippen LogP contribution < -0.4 is 10.1 Å². The lowest BCUT2D eigenvalue weighted by Gasteiger charge is -2.18. The third-order valence-corrected chi connectivity index (χ3v) is 6.00. The van der Waals surface area contributed by atoms with Crippen LogP contribution in [0.25, 0.3) is 0 Å². The van der Waals surface area contributed by atoms with E-state index in [-0.39, 0.29) is 0 Å². The Balaban J connectivity index is 1.88. The molecule has 3 rings (SSSR count). The summed E-state index contributed by atoms with van der Waals surface area (Å²) in [5.74, 6) is 0.428. The number of rotatable bonds is 6. The van der Waals surface area contributed by atoms with Crippen LogP contribution in [0.15, 0.2) is 23.1 Å². The van der Waals surface area contributed by atoms with Crippen LogP contribution in [0.1, 0.15) is 31.2 Å². The fourth-order valence-electron chi connectivity index (χ4n) is 2.65. The smallest absolute Gasteiger partial charge is 0.246 e. The van der Waals surface area contributed by atoms with Crippen LogP contribution in [0.4, 0.5) is 0 Å². The van der Waals surface area contributed by atoms with Gasteiger partial charge in [0.1, 0.15) is 10.6 Å². The highest BCUT2D eigenvalue weighted by Crippen LogP contribution is 2.30. The van der Waals surface area contributed by atoms with Crippen LogP contribution in [-0.4, -0.2) is 39.0 Å². The minimum atomic E-state index is -3.45. The molecule has 1 heterocycles. The van der Waals surface area contributed by atoms with Gasteiger partial charge in [0.15, 0.2) is 0 Å². The molecule has 1 aromatic carbocycles. The van der Waals surface area contributed by atoms with Crippen molar-refractivity contribution in [2.24, 2.45) is 0 Å². The molecule has 6 heteroatoms. The minimum Gasteiger partial charge on any atom is -0.495 e. The molecule has 0 radical (unpaired) electrons. The first-order valence-corrected chi connectivity index (χ1v) is 8.96. The Hall–Kier alpha value is -1.11. The topological polar surface area (TPSA) is 58.6 Å². The van der Waals surface area contributed by atoms with Crippen LogP contribution in [0.2, 0.25) is 0 Å². The number of ether oxygens (including phenoxy) is 1. The number of hydrogen-bond donors (Lipinski definition) is 1. The second-order valence-corrected chi connectivity index (χ2v) is 7.66. The maximum Gasteiger partial charge on any atom is 0.246 e. The Morgan fingerprint density at radius 2 is 2.00 bits per heavy atom. The zero-order chi connectivity index (χ0) is 14.9. The molecule has 21 heavy (non-hydrogen) atoms. The summed E-state index contributed by atoms with van der Waals surface area (Å²) < 4.78 is 32.3. The lowest BCUT2D eigenvalue weighted by molar-refractivity contribution is 0.398. The van der Waals surface area contributed by atoms with E-state index in [0.717, 1.165) is 18.4 Å². The second kappa shape index (κ2) is 5.94. The fraction of sp³-hybridized carbons (Fsp3) is 0.600. The van der Waals surface area contributed by atoms with Gasteiger partial charge in [-0.15, -0.1) is 0 Å². The van der Waals surface area contributed by atoms with E-state index in [1.807, 2.05) is 6.07 Å². The predicted octanol–water partition coefficient (Wildman–Crippen LogP) is 1.73. The number of benzene rings is 1. The van der Waals surface area contributed by atoms with Crippen molar-refractivity contribution in [3.05, 3.63) is 23.8 Å². The average molecular weight is 310 g/mol. The summed E-state index contributed by atoms with van der Waals surface area (Å²) in [6.45, 7) is 1.92. The molecule has 1 aromatic rings. The van der Waals surface area contributed by atoms with E-state index in [1.54, 1.807) is 16.4 Å². The highest BCUT2D eigenvalue weighted by molar-refractivity contribution is 7.89. The first-order valence-electron chi connectivity index (χ1n) is 7.52. The molecule has 1 saturated heterocycles. The van der Waals surface area contributed by atoms with Crippen molar-refractivity contribution in [2.75, 3.05) is 20.2 Å². The number of methoxy groups -OCH3 is 1. The fourth-order valence-corrected chi connectivity index (χ4v) is 4.37. The summed E-state index contributed by atoms with van der Waals surface area (Å²) in [4.78, 5) is 0.294. The van der Waals surface area contributed by atoms with Gasteiger partial charge in [-0.3, -0.25) is 0 Å². The lowest BCUT2D eigenvalue weighted by atomic mass is 10.2. The zero-order valence-corrected chi connectivity index (χ0v) is 13.2. The molecule has 0 spiro atoms. The minimum absolute atomic E-state index is 0.294. The predicted molar refractivity (Wildman–Crippen MR) is 80.8 cm³/mol. The third kappa shape index (κ3) is 3.22. The average Bonchev–Trinajstić information content (AvgIpc) is 3.15. The van der Waals surface area contributed by atoms with Gasteiger partial charge in [0.25, 0.3) is 0 Å². The lowest BCUT2D eigenvalue weighted by Crippen LogP contribution is -2.28. The van der Waals surface area contributed by atoms with Gasteiger partial charge in [0.05, 0.1) is 7.11 Å². The molecular formula is C15H22N2O3S. The number of hydrogen-bond acceptors (Lipinski definition) is 4. The molecule has 0 unspecified atom stereocenters. The monoisotopic (exact) mass is 310 g/mol. The molecule has 0 amide bonds. The molecule has 1 saturated carbocycles. The van der Waals surface area contributed by atoms with Crippen LogP contribution in [0.3, 0.4) is 0 Å². The van der Waals surface area contributed by atoms with Crippen LogP contribution in [0, 0.1) is 0 Å². The summed E-state index contributed by atoms with van der Waals surface area (Å²) in [5, 5.41) is 3.41. The Kier molecular flexibility index (Phi) is 4.19. The highest BCUT2D eigenvalue weighted by Gasteiger charge is 2.30. The van der Waals surface area contributed by atoms with Gasteiger partial charge in [0.2, 0.25) is 10.0 Å². The van der Waals surface area contributed by atoms with E-state index >= 15 is 0 Å². The molecular weight excluding hydrogens is 288 g/mol. The normalized spacial score (nSPS) is 19.9. The van der Waals surface area contributed by atoms with Gasteiger partial charge >= 0.3 is 0 Å². The Labute approximate surface area is 126 Å². The van der Waals surface area contributed by atoms with Crippen molar-refractivity contribution in [3.63, 3.8) is 0 Å². The maximum atomic E-state index is 12.7. The first-order chi connectivity index (χ1) is 10.1. The third-order valence-electron chi connectivity index (χ3n) is 4.08. The van der Waals surface area contributed by atoms with Crippen LogP contribution >= 0.6 is 0 Å². The van der Waals surface area contributed by atoms with Gasteiger partial charge in [0, 0.05) is 25.7 Å². The highest BCUT2D eigenvalue weighted by atomic mass is 32.2. The van der Waals surface area contributed by atoms with Gasteiger partial charge in [-0.2, -0.15) is 4.31 Å². The number of sulfonamides is 1. The van der Waals surface area contributed by atoms with E-state index in [2.05, 4.69) is 5.32 Å². The summed E-state index contributed by atoms with van der Waals surface area (Å²) in [6, 6.07) is 6.04. The standard InChI is InChI=1S/C15H22N2O3S/c1-20-14-7-4-12(11-16-13-5-6-13)10-15(14)21(18,19)17-8-2-3-9-17/h4,7,10,13,16H,2-3,5-6,8-9,11H2,1H3. The molecule has 2 fully saturated rings. The second-order valence-electron chi connectivity index (χ2n) is 5.75. The molecule has 2 aliphatic rings. The van der Waals surface area contributed by atoms with Crippen molar-refractivity contribution in [1.29, 1.82) is 0 Å². The number of nitrogens with zero attached hydrogens (tertiary/aromatic N) is 1. The molecule has 0 bridgehead atoms. The molecule has 0 atom stereocenters. The molecule has 0 aromatic heterocycles. The summed E-state index contributed by atoms with van der Waals surface area (Å²) in [6.07, 6.45) is 4.30. The summed E-state index contributed by atoms with van der Waals surface area (Å²) in [5.41, 5.74) is 0.987. The van der Waals surface area contributed by atoms with Crippen LogP contribution in [0.5, 0.6) is 5.75 Å². The van der Waals surface area contributed by atoms with Crippen molar-refractivity contribution in [3.8, 4) is 5.75 Å².